The van der Waals surface area contributed by atoms with Gasteiger partial charge < -0.3 is 48.0 Å². The van der Waals surface area contributed by atoms with Gasteiger partial charge in [-0.05, 0) is 173 Å². The summed E-state index contributed by atoms with van der Waals surface area (Å²) in [7, 11) is -1.42. The molecule has 3 aliphatic rings. The molecular weight excluding hydrogens is 900 g/mol. The van der Waals surface area contributed by atoms with Crippen LogP contribution in [0.5, 0.6) is 0 Å². The molecule has 3 fully saturated rings. The zero-order chi connectivity index (χ0) is 47.8. The Labute approximate surface area is 391 Å². The van der Waals surface area contributed by atoms with E-state index >= 15 is 0 Å². The number of rotatable bonds is 6. The molecule has 3 saturated heterocycles. The third-order valence-electron chi connectivity index (χ3n) is 11.7. The molecule has 0 aromatic heterocycles. The fourth-order valence-corrected chi connectivity index (χ4v) is 7.19. The number of carbonyl (C=O) groups is 2. The Hall–Kier alpha value is -2.01. The fourth-order valence-electron chi connectivity index (χ4n) is 6.00. The second-order valence-corrected chi connectivity index (χ2v) is 22.8. The molecule has 0 aliphatic carbocycles. The molecule has 0 unspecified atom stereocenters. The van der Waals surface area contributed by atoms with Crippen molar-refractivity contribution >= 4 is 77.9 Å². The minimum Gasteiger partial charge on any atom is -0.444 e. The van der Waals surface area contributed by atoms with Crippen molar-refractivity contribution in [2.24, 2.45) is 0 Å². The molecule has 18 heteroatoms. The van der Waals surface area contributed by atoms with Crippen LogP contribution in [-0.2, 0) is 37.4 Å². The largest absolute Gasteiger partial charge is 0.494 e. The van der Waals surface area contributed by atoms with Crippen molar-refractivity contribution in [1.29, 1.82) is 0 Å². The maximum Gasteiger partial charge on any atom is 0.494 e. The normalized spacial score (nSPS) is 21.4. The summed E-state index contributed by atoms with van der Waals surface area (Å²) in [6, 6.07) is 10.7. The third kappa shape index (κ3) is 14.2. The quantitative estimate of drug-likeness (QED) is 0.270. The van der Waals surface area contributed by atoms with E-state index in [4.69, 9.17) is 60.6 Å². The van der Waals surface area contributed by atoms with Crippen LogP contribution >= 0.6 is 39.1 Å². The summed E-state index contributed by atoms with van der Waals surface area (Å²) in [6.07, 6.45) is -0.926. The first-order valence-corrected chi connectivity index (χ1v) is 22.6. The predicted molar refractivity (Wildman–Crippen MR) is 254 cm³/mol. The van der Waals surface area contributed by atoms with Crippen LogP contribution in [0.2, 0.25) is 10.0 Å². The van der Waals surface area contributed by atoms with E-state index in [1.807, 2.05) is 169 Å². The van der Waals surface area contributed by atoms with Crippen LogP contribution in [0.25, 0.3) is 0 Å². The lowest BCUT2D eigenvalue weighted by Gasteiger charge is -2.32. The molecule has 12 nitrogen and oxygen atoms in total. The van der Waals surface area contributed by atoms with Gasteiger partial charge in [0.15, 0.2) is 0 Å². The molecule has 2 atom stereocenters. The molecule has 346 valence electrons. The summed E-state index contributed by atoms with van der Waals surface area (Å²) < 4.78 is 47.3. The van der Waals surface area contributed by atoms with Crippen LogP contribution in [-0.4, -0.2) is 78.1 Å². The zero-order valence-electron chi connectivity index (χ0n) is 40.6. The Morgan fingerprint density at radius 2 is 0.871 bits per heavy atom. The molecule has 2 aromatic rings. The van der Waals surface area contributed by atoms with Crippen LogP contribution in [0.3, 0.4) is 0 Å². The first-order chi connectivity index (χ1) is 27.8. The lowest BCUT2D eigenvalue weighted by Crippen LogP contribution is -2.41. The molecule has 2 amide bonds. The molecule has 0 bridgehead atoms. The Morgan fingerprint density at radius 1 is 0.565 bits per heavy atom. The number of nitrogens with one attached hydrogen (secondary N) is 2. The average molecular weight is 970 g/mol. The smallest absolute Gasteiger partial charge is 0.444 e. The van der Waals surface area contributed by atoms with Gasteiger partial charge in [0.05, 0.1) is 45.7 Å². The van der Waals surface area contributed by atoms with Gasteiger partial charge in [-0.25, -0.2) is 9.59 Å². The highest BCUT2D eigenvalue weighted by atomic mass is 79.9. The lowest BCUT2D eigenvalue weighted by atomic mass is 9.49. The molecule has 5 rings (SSSR count). The third-order valence-corrected chi connectivity index (χ3v) is 12.8. The van der Waals surface area contributed by atoms with Gasteiger partial charge >= 0.3 is 33.3 Å². The summed E-state index contributed by atoms with van der Waals surface area (Å²) >= 11 is 15.9. The molecule has 3 heterocycles. The SMILES string of the molecule is CC1(C)OB(B2OC(C)(C)C(C)(C)O2)OC1(C)C.C[C@@H](NC(=O)OC(C)(C)C)c1ccc(B2OC(C)(C)C(C)(C)O2)cc1Cl.C[C@@H](NC(=O)OC(C)(C)C)c1ccc(Br)cc1Cl. The standard InChI is InChI=1S/C19H29BClNO4.C13H17BrClNO2.C12H24B2O4/c1-12(22-16(23)24-17(2,3)4)14-10-9-13(11-15(14)21)20-25-18(5,6)19(7,8)26-20;1-8(16-12(17)18-13(2,3)4)10-6-5-9(14)7-11(10)15;1-9(2)10(3,4)16-13(15-9)14-17-11(5,6)12(7,8)18-14/h9-12H,1-8H3,(H,22,23);5-8H,1-4H3,(H,16,17);1-8H3/t12-;8-;/m11./s1. The van der Waals surface area contributed by atoms with Gasteiger partial charge in [-0.15, -0.1) is 0 Å². The summed E-state index contributed by atoms with van der Waals surface area (Å²) in [6.45, 7) is 38.9. The summed E-state index contributed by atoms with van der Waals surface area (Å²) in [4.78, 5) is 23.6. The predicted octanol–water partition coefficient (Wildman–Crippen LogP) is 11.2. The topological polar surface area (TPSA) is 132 Å². The highest BCUT2D eigenvalue weighted by molar-refractivity contribution is 9.10. The number of halogens is 3. The van der Waals surface area contributed by atoms with Crippen LogP contribution in [0.1, 0.15) is 162 Å². The van der Waals surface area contributed by atoms with Gasteiger partial charge in [0.2, 0.25) is 0 Å². The van der Waals surface area contributed by atoms with Crippen molar-refractivity contribution < 1.29 is 47.0 Å². The molecule has 0 saturated carbocycles. The van der Waals surface area contributed by atoms with Crippen molar-refractivity contribution in [1.82, 2.24) is 10.6 Å². The van der Waals surface area contributed by atoms with E-state index < -0.39 is 55.7 Å². The van der Waals surface area contributed by atoms with Crippen LogP contribution in [0.15, 0.2) is 40.9 Å². The summed E-state index contributed by atoms with van der Waals surface area (Å²) in [5.74, 6) is 0. The second kappa shape index (κ2) is 19.5. The number of hydrogen-bond acceptors (Lipinski definition) is 10. The first-order valence-electron chi connectivity index (χ1n) is 21.1. The van der Waals surface area contributed by atoms with Crippen molar-refractivity contribution in [3.8, 4) is 0 Å². The minimum absolute atomic E-state index is 0.208. The highest BCUT2D eigenvalue weighted by Gasteiger charge is 2.63. The Bertz CT molecular complexity index is 1820. The number of benzene rings is 2. The van der Waals surface area contributed by atoms with Crippen molar-refractivity contribution in [2.75, 3.05) is 0 Å². The first kappa shape index (κ1) is 54.3. The van der Waals surface area contributed by atoms with E-state index in [0.29, 0.717) is 10.0 Å². The zero-order valence-corrected chi connectivity index (χ0v) is 43.7. The summed E-state index contributed by atoms with van der Waals surface area (Å²) in [5.41, 5.74) is -0.805. The molecule has 3 aliphatic heterocycles. The van der Waals surface area contributed by atoms with Gasteiger partial charge in [-0.1, -0.05) is 57.3 Å². The number of hydrogen-bond donors (Lipinski definition) is 2. The van der Waals surface area contributed by atoms with Crippen molar-refractivity contribution in [2.45, 2.75) is 195 Å². The van der Waals surface area contributed by atoms with Gasteiger partial charge in [-0.3, -0.25) is 0 Å². The van der Waals surface area contributed by atoms with Crippen molar-refractivity contribution in [3.05, 3.63) is 62.0 Å². The maximum atomic E-state index is 12.0. The van der Waals surface area contributed by atoms with Gasteiger partial charge in [0.1, 0.15) is 11.2 Å². The van der Waals surface area contributed by atoms with E-state index in [2.05, 4.69) is 26.6 Å². The van der Waals surface area contributed by atoms with E-state index in [0.717, 1.165) is 21.1 Å². The number of ether oxygens (including phenoxy) is 2. The summed E-state index contributed by atoms with van der Waals surface area (Å²) in [5, 5.41) is 6.70. The van der Waals surface area contributed by atoms with Crippen molar-refractivity contribution in [3.63, 3.8) is 0 Å². The van der Waals surface area contributed by atoms with Gasteiger partial charge in [-0.2, -0.15) is 0 Å². The Kier molecular flexibility index (Phi) is 17.0. The number of carbonyl (C=O) groups excluding carboxylic acids is 2. The van der Waals surface area contributed by atoms with E-state index in [1.165, 1.54) is 0 Å². The van der Waals surface area contributed by atoms with Gasteiger partial charge in [0.25, 0.3) is 0 Å². The fraction of sp³-hybridized carbons (Fsp3) is 0.682. The maximum absolute atomic E-state index is 12.0. The number of alkyl carbamates (subject to hydrolysis) is 2. The monoisotopic (exact) mass is 968 g/mol. The average Bonchev–Trinajstić information content (AvgIpc) is 3.52. The minimum atomic E-state index is -0.547. The molecule has 62 heavy (non-hydrogen) atoms. The van der Waals surface area contributed by atoms with E-state index in [-0.39, 0.29) is 34.5 Å². The Balaban J connectivity index is 0.000000255. The molecule has 2 N–H and O–H groups in total. The molecule has 0 spiro atoms. The molecule has 0 radical (unpaired) electrons. The molecular formula is C44H70B3BrCl2N2O10. The van der Waals surface area contributed by atoms with E-state index in [9.17, 15) is 9.59 Å². The van der Waals surface area contributed by atoms with Crippen LogP contribution in [0, 0.1) is 0 Å². The number of amides is 2. The van der Waals surface area contributed by atoms with Crippen LogP contribution < -0.4 is 16.1 Å². The highest BCUT2D eigenvalue weighted by Crippen LogP contribution is 2.43. The van der Waals surface area contributed by atoms with Gasteiger partial charge in [0, 0.05) is 14.5 Å². The lowest BCUT2D eigenvalue weighted by molar-refractivity contribution is 0.00578. The molecule has 2 aromatic carbocycles. The Morgan fingerprint density at radius 3 is 1.18 bits per heavy atom. The second-order valence-electron chi connectivity index (χ2n) is 21.0. The van der Waals surface area contributed by atoms with E-state index in [1.54, 1.807) is 6.07 Å². The van der Waals surface area contributed by atoms with Crippen LogP contribution in [0.4, 0.5) is 9.59 Å².